The molecule has 0 radical (unpaired) electrons. The van der Waals surface area contributed by atoms with E-state index in [0.29, 0.717) is 6.54 Å². The summed E-state index contributed by atoms with van der Waals surface area (Å²) in [6.45, 7) is 1.61. The standard InChI is InChI=1S/C21H25N3O2/c25-20(23-21(26)22-19-11-12-19)16-24(15-18-9-5-2-6-10-18)14-13-17-7-3-1-4-8-17/h1-10,19H,11-16H2,(H2,22,23,25,26). The number of carbonyl (C=O) groups is 2. The van der Waals surface area contributed by atoms with Gasteiger partial charge in [-0.3, -0.25) is 15.0 Å². The van der Waals surface area contributed by atoms with Crippen molar-refractivity contribution in [3.63, 3.8) is 0 Å². The first-order chi connectivity index (χ1) is 12.7. The third-order valence-corrected chi connectivity index (χ3v) is 4.34. The number of amides is 3. The summed E-state index contributed by atoms with van der Waals surface area (Å²) < 4.78 is 0. The number of hydrogen-bond donors (Lipinski definition) is 2. The zero-order valence-corrected chi connectivity index (χ0v) is 14.9. The van der Waals surface area contributed by atoms with Crippen molar-refractivity contribution >= 4 is 11.9 Å². The minimum atomic E-state index is -0.389. The van der Waals surface area contributed by atoms with Crippen LogP contribution in [0.25, 0.3) is 0 Å². The van der Waals surface area contributed by atoms with Crippen LogP contribution in [0, 0.1) is 0 Å². The predicted octanol–water partition coefficient (Wildman–Crippen LogP) is 2.72. The molecule has 2 aromatic carbocycles. The van der Waals surface area contributed by atoms with Gasteiger partial charge in [-0.25, -0.2) is 4.79 Å². The molecule has 0 saturated heterocycles. The molecule has 0 bridgehead atoms. The molecule has 3 amide bonds. The Balaban J connectivity index is 1.55. The molecule has 1 aliphatic rings. The Bertz CT molecular complexity index is 715. The fourth-order valence-corrected chi connectivity index (χ4v) is 2.81. The number of imide groups is 1. The molecule has 0 unspecified atom stereocenters. The van der Waals surface area contributed by atoms with Crippen LogP contribution in [-0.2, 0) is 17.8 Å². The second-order valence-electron chi connectivity index (χ2n) is 6.73. The molecule has 5 nitrogen and oxygen atoms in total. The van der Waals surface area contributed by atoms with E-state index in [1.54, 1.807) is 0 Å². The van der Waals surface area contributed by atoms with Crippen molar-refractivity contribution < 1.29 is 9.59 Å². The fourth-order valence-electron chi connectivity index (χ4n) is 2.81. The van der Waals surface area contributed by atoms with E-state index in [1.807, 2.05) is 48.5 Å². The lowest BCUT2D eigenvalue weighted by Gasteiger charge is -2.22. The highest BCUT2D eigenvalue weighted by molar-refractivity contribution is 5.95. The third-order valence-electron chi connectivity index (χ3n) is 4.34. The van der Waals surface area contributed by atoms with Gasteiger partial charge in [-0.1, -0.05) is 60.7 Å². The van der Waals surface area contributed by atoms with Crippen LogP contribution >= 0.6 is 0 Å². The van der Waals surface area contributed by atoms with Gasteiger partial charge in [0, 0.05) is 19.1 Å². The van der Waals surface area contributed by atoms with Gasteiger partial charge in [-0.15, -0.1) is 0 Å². The number of nitrogens with zero attached hydrogens (tertiary/aromatic N) is 1. The van der Waals surface area contributed by atoms with Gasteiger partial charge in [0.25, 0.3) is 0 Å². The van der Waals surface area contributed by atoms with Crippen LogP contribution in [0.2, 0.25) is 0 Å². The maximum atomic E-state index is 12.3. The van der Waals surface area contributed by atoms with Crippen LogP contribution < -0.4 is 10.6 Å². The number of nitrogens with one attached hydrogen (secondary N) is 2. The Labute approximate surface area is 154 Å². The van der Waals surface area contributed by atoms with Crippen LogP contribution in [0.15, 0.2) is 60.7 Å². The molecule has 136 valence electrons. The molecule has 0 aromatic heterocycles. The molecule has 2 aromatic rings. The lowest BCUT2D eigenvalue weighted by atomic mass is 10.1. The van der Waals surface area contributed by atoms with Crippen LogP contribution in [0.3, 0.4) is 0 Å². The zero-order chi connectivity index (χ0) is 18.2. The monoisotopic (exact) mass is 351 g/mol. The van der Waals surface area contributed by atoms with Crippen molar-refractivity contribution in [2.24, 2.45) is 0 Å². The number of urea groups is 1. The van der Waals surface area contributed by atoms with E-state index in [2.05, 4.69) is 27.7 Å². The lowest BCUT2D eigenvalue weighted by molar-refractivity contribution is -0.121. The van der Waals surface area contributed by atoms with Crippen molar-refractivity contribution in [2.75, 3.05) is 13.1 Å². The van der Waals surface area contributed by atoms with Gasteiger partial charge >= 0.3 is 6.03 Å². The average molecular weight is 351 g/mol. The number of carbonyl (C=O) groups excluding carboxylic acids is 2. The highest BCUT2D eigenvalue weighted by atomic mass is 16.2. The molecule has 1 fully saturated rings. The van der Waals surface area contributed by atoms with E-state index in [-0.39, 0.29) is 24.5 Å². The molecule has 26 heavy (non-hydrogen) atoms. The van der Waals surface area contributed by atoms with Crippen molar-refractivity contribution in [1.82, 2.24) is 15.5 Å². The van der Waals surface area contributed by atoms with Crippen LogP contribution in [0.4, 0.5) is 4.79 Å². The van der Waals surface area contributed by atoms with E-state index in [0.717, 1.165) is 31.4 Å². The van der Waals surface area contributed by atoms with E-state index < -0.39 is 0 Å². The predicted molar refractivity (Wildman–Crippen MR) is 102 cm³/mol. The molecule has 1 saturated carbocycles. The van der Waals surface area contributed by atoms with Gasteiger partial charge in [0.2, 0.25) is 5.91 Å². The van der Waals surface area contributed by atoms with E-state index in [9.17, 15) is 9.59 Å². The largest absolute Gasteiger partial charge is 0.335 e. The molecular weight excluding hydrogens is 326 g/mol. The quantitative estimate of drug-likeness (QED) is 0.769. The average Bonchev–Trinajstić information content (AvgIpc) is 3.45. The van der Waals surface area contributed by atoms with Gasteiger partial charge in [0.05, 0.1) is 6.54 Å². The van der Waals surface area contributed by atoms with Gasteiger partial charge in [0.1, 0.15) is 0 Å². The minimum Gasteiger partial charge on any atom is -0.335 e. The lowest BCUT2D eigenvalue weighted by Crippen LogP contribution is -2.45. The highest BCUT2D eigenvalue weighted by Gasteiger charge is 2.24. The van der Waals surface area contributed by atoms with Crippen LogP contribution in [0.5, 0.6) is 0 Å². The van der Waals surface area contributed by atoms with Crippen LogP contribution in [0.1, 0.15) is 24.0 Å². The molecule has 5 heteroatoms. The molecule has 2 N–H and O–H groups in total. The molecule has 0 atom stereocenters. The number of rotatable bonds is 8. The summed E-state index contributed by atoms with van der Waals surface area (Å²) in [4.78, 5) is 26.1. The molecular formula is C21H25N3O2. The third kappa shape index (κ3) is 6.33. The van der Waals surface area contributed by atoms with Gasteiger partial charge < -0.3 is 5.32 Å². The molecule has 1 aliphatic carbocycles. The van der Waals surface area contributed by atoms with Crippen molar-refractivity contribution in [3.05, 3.63) is 71.8 Å². The summed E-state index contributed by atoms with van der Waals surface area (Å²) in [6, 6.07) is 20.1. The second kappa shape index (κ2) is 9.15. The smallest absolute Gasteiger partial charge is 0.321 e. The van der Waals surface area contributed by atoms with Crippen molar-refractivity contribution in [1.29, 1.82) is 0 Å². The Morgan fingerprint density at radius 3 is 2.15 bits per heavy atom. The molecule has 0 spiro atoms. The summed E-state index contributed by atoms with van der Waals surface area (Å²) in [5.41, 5.74) is 2.38. The van der Waals surface area contributed by atoms with Gasteiger partial charge in [0.15, 0.2) is 0 Å². The fraction of sp³-hybridized carbons (Fsp3) is 0.333. The summed E-state index contributed by atoms with van der Waals surface area (Å²) in [5.74, 6) is -0.271. The summed E-state index contributed by atoms with van der Waals surface area (Å²) >= 11 is 0. The molecule has 3 rings (SSSR count). The zero-order valence-electron chi connectivity index (χ0n) is 14.9. The minimum absolute atomic E-state index is 0.194. The second-order valence-corrected chi connectivity index (χ2v) is 6.73. The van der Waals surface area contributed by atoms with E-state index in [4.69, 9.17) is 0 Å². The Morgan fingerprint density at radius 2 is 1.54 bits per heavy atom. The summed E-state index contributed by atoms with van der Waals surface area (Å²) in [7, 11) is 0. The van der Waals surface area contributed by atoms with Gasteiger partial charge in [-0.2, -0.15) is 0 Å². The number of benzene rings is 2. The normalized spacial score (nSPS) is 13.4. The van der Waals surface area contributed by atoms with Crippen LogP contribution in [-0.4, -0.2) is 36.0 Å². The van der Waals surface area contributed by atoms with Crippen molar-refractivity contribution in [2.45, 2.75) is 31.8 Å². The Morgan fingerprint density at radius 1 is 0.923 bits per heavy atom. The topological polar surface area (TPSA) is 61.4 Å². The first-order valence-electron chi connectivity index (χ1n) is 9.09. The first-order valence-corrected chi connectivity index (χ1v) is 9.09. The Hall–Kier alpha value is -2.66. The first kappa shape index (κ1) is 18.1. The highest BCUT2D eigenvalue weighted by Crippen LogP contribution is 2.18. The van der Waals surface area contributed by atoms with Gasteiger partial charge in [-0.05, 0) is 30.4 Å². The maximum Gasteiger partial charge on any atom is 0.321 e. The van der Waals surface area contributed by atoms with E-state index in [1.165, 1.54) is 5.56 Å². The summed E-state index contributed by atoms with van der Waals surface area (Å²) in [6.07, 6.45) is 2.85. The summed E-state index contributed by atoms with van der Waals surface area (Å²) in [5, 5.41) is 5.21. The SMILES string of the molecule is O=C(CN(CCc1ccccc1)Cc1ccccc1)NC(=O)NC1CC1. The molecule has 0 aliphatic heterocycles. The maximum absolute atomic E-state index is 12.3. The van der Waals surface area contributed by atoms with Crippen molar-refractivity contribution in [3.8, 4) is 0 Å². The van der Waals surface area contributed by atoms with E-state index >= 15 is 0 Å². The molecule has 0 heterocycles. The Kier molecular flexibility index (Phi) is 6.39. The number of hydrogen-bond acceptors (Lipinski definition) is 3.